The summed E-state index contributed by atoms with van der Waals surface area (Å²) in [7, 11) is 0. The number of hydrogen-bond acceptors (Lipinski definition) is 3. The van der Waals surface area contributed by atoms with Crippen molar-refractivity contribution >= 4 is 24.4 Å². The number of amides is 2. The van der Waals surface area contributed by atoms with Gasteiger partial charge in [0.15, 0.2) is 0 Å². The largest absolute Gasteiger partial charge is 0.356 e. The molecule has 0 saturated carbocycles. The molecule has 1 rings (SSSR count). The molecule has 0 aromatic heterocycles. The average Bonchev–Trinajstić information content (AvgIpc) is 2.62. The Morgan fingerprint density at radius 1 is 1.53 bits per heavy atom. The van der Waals surface area contributed by atoms with Gasteiger partial charge in [-0.15, -0.1) is 0 Å². The second-order valence-electron chi connectivity index (χ2n) is 3.32. The molecule has 0 aromatic carbocycles. The molecule has 0 spiro atoms. The molecular weight excluding hydrogens is 212 g/mol. The van der Waals surface area contributed by atoms with Crippen LogP contribution in [0.3, 0.4) is 0 Å². The molecule has 1 saturated heterocycles. The number of carbonyl (C=O) groups is 2. The van der Waals surface area contributed by atoms with Gasteiger partial charge in [0.1, 0.15) is 0 Å². The fourth-order valence-corrected chi connectivity index (χ4v) is 1.47. The summed E-state index contributed by atoms with van der Waals surface area (Å²) in [6, 6.07) is 0. The quantitative estimate of drug-likeness (QED) is 0.553. The number of nitrogens with zero attached hydrogens (tertiary/aromatic N) is 1. The summed E-state index contributed by atoms with van der Waals surface area (Å²) in [5.41, 5.74) is 0. The smallest absolute Gasteiger partial charge is 0.222 e. The maximum atomic E-state index is 11.1. The third kappa shape index (κ3) is 6.38. The zero-order valence-electron chi connectivity index (χ0n) is 9.45. The summed E-state index contributed by atoms with van der Waals surface area (Å²) in [5.74, 6) is 0.246. The Labute approximate surface area is 96.8 Å². The fourth-order valence-electron chi connectivity index (χ4n) is 1.47. The Hall–Kier alpha value is -0.710. The van der Waals surface area contributed by atoms with Gasteiger partial charge in [-0.05, 0) is 19.1 Å². The van der Waals surface area contributed by atoms with Crippen molar-refractivity contribution in [2.45, 2.75) is 26.2 Å². The molecule has 1 heterocycles. The van der Waals surface area contributed by atoms with Crippen LogP contribution in [0.5, 0.6) is 0 Å². The lowest BCUT2D eigenvalue weighted by Gasteiger charge is -2.14. The zero-order chi connectivity index (χ0) is 11.7. The number of hydrogen-bond donors (Lipinski definition) is 2. The number of rotatable bonds is 4. The first kappa shape index (κ1) is 14.3. The second-order valence-corrected chi connectivity index (χ2v) is 3.32. The number of thiol groups is 1. The van der Waals surface area contributed by atoms with Crippen LogP contribution >= 0.6 is 12.6 Å². The van der Waals surface area contributed by atoms with Crippen molar-refractivity contribution in [1.29, 1.82) is 0 Å². The van der Waals surface area contributed by atoms with Gasteiger partial charge < -0.3 is 10.2 Å². The Morgan fingerprint density at radius 3 is 2.67 bits per heavy atom. The Bertz CT molecular complexity index is 210. The normalized spacial score (nSPS) is 14.6. The molecule has 15 heavy (non-hydrogen) atoms. The first-order chi connectivity index (χ1) is 7.20. The van der Waals surface area contributed by atoms with Crippen LogP contribution in [0.1, 0.15) is 26.2 Å². The summed E-state index contributed by atoms with van der Waals surface area (Å²) in [6.45, 7) is 3.83. The minimum atomic E-state index is -0.00671. The van der Waals surface area contributed by atoms with E-state index in [1.54, 1.807) is 6.26 Å². The van der Waals surface area contributed by atoms with E-state index in [0.717, 1.165) is 25.9 Å². The van der Waals surface area contributed by atoms with E-state index < -0.39 is 0 Å². The van der Waals surface area contributed by atoms with E-state index in [1.807, 2.05) is 4.90 Å². The van der Waals surface area contributed by atoms with E-state index >= 15 is 0 Å². The van der Waals surface area contributed by atoms with Gasteiger partial charge in [0, 0.05) is 33.0 Å². The van der Waals surface area contributed by atoms with Crippen molar-refractivity contribution in [3.05, 3.63) is 0 Å². The Balaban J connectivity index is 0.000000921. The third-order valence-electron chi connectivity index (χ3n) is 2.15. The summed E-state index contributed by atoms with van der Waals surface area (Å²) >= 11 is 3.53. The molecule has 0 atom stereocenters. The highest BCUT2D eigenvalue weighted by Crippen LogP contribution is 2.09. The molecule has 1 fully saturated rings. The Morgan fingerprint density at radius 2 is 2.20 bits per heavy atom. The lowest BCUT2D eigenvalue weighted by atomic mass is 10.4. The molecule has 1 aliphatic rings. The van der Waals surface area contributed by atoms with E-state index in [-0.39, 0.29) is 11.8 Å². The van der Waals surface area contributed by atoms with E-state index in [2.05, 4.69) is 17.9 Å². The summed E-state index contributed by atoms with van der Waals surface area (Å²) < 4.78 is 0. The topological polar surface area (TPSA) is 49.4 Å². The lowest BCUT2D eigenvalue weighted by molar-refractivity contribution is -0.127. The van der Waals surface area contributed by atoms with Crippen molar-refractivity contribution < 1.29 is 9.59 Å². The molecule has 2 amide bonds. The summed E-state index contributed by atoms with van der Waals surface area (Å²) in [5, 5.41) is 2.71. The van der Waals surface area contributed by atoms with Crippen molar-refractivity contribution in [3.8, 4) is 0 Å². The van der Waals surface area contributed by atoms with Gasteiger partial charge in [0.05, 0.1) is 0 Å². The molecule has 0 radical (unpaired) electrons. The highest BCUT2D eigenvalue weighted by Gasteiger charge is 2.18. The lowest BCUT2D eigenvalue weighted by Crippen LogP contribution is -2.29. The first-order valence-corrected chi connectivity index (χ1v) is 6.06. The van der Waals surface area contributed by atoms with Crippen LogP contribution in [0.4, 0.5) is 0 Å². The Kier molecular flexibility index (Phi) is 8.18. The minimum absolute atomic E-state index is 0.00671. The van der Waals surface area contributed by atoms with Crippen molar-refractivity contribution in [1.82, 2.24) is 10.2 Å². The van der Waals surface area contributed by atoms with Crippen LogP contribution in [-0.4, -0.2) is 42.6 Å². The minimum Gasteiger partial charge on any atom is -0.356 e. The van der Waals surface area contributed by atoms with Crippen LogP contribution in [0, 0.1) is 0 Å². The van der Waals surface area contributed by atoms with Gasteiger partial charge in [-0.3, -0.25) is 9.59 Å². The molecule has 0 bridgehead atoms. The van der Waals surface area contributed by atoms with E-state index in [0.29, 0.717) is 13.0 Å². The molecule has 4 nitrogen and oxygen atoms in total. The van der Waals surface area contributed by atoms with Gasteiger partial charge in [-0.2, -0.15) is 12.6 Å². The van der Waals surface area contributed by atoms with Crippen LogP contribution in [0.25, 0.3) is 0 Å². The molecule has 0 unspecified atom stereocenters. The van der Waals surface area contributed by atoms with E-state index in [9.17, 15) is 9.59 Å². The third-order valence-corrected chi connectivity index (χ3v) is 2.15. The van der Waals surface area contributed by atoms with Gasteiger partial charge in [-0.1, -0.05) is 0 Å². The van der Waals surface area contributed by atoms with Crippen LogP contribution in [-0.2, 0) is 9.59 Å². The van der Waals surface area contributed by atoms with E-state index in [1.165, 1.54) is 6.92 Å². The van der Waals surface area contributed by atoms with E-state index in [4.69, 9.17) is 0 Å². The number of likely N-dealkylation sites (tertiary alicyclic amines) is 1. The van der Waals surface area contributed by atoms with Gasteiger partial charge >= 0.3 is 0 Å². The second kappa shape index (κ2) is 8.59. The van der Waals surface area contributed by atoms with Crippen LogP contribution < -0.4 is 5.32 Å². The van der Waals surface area contributed by atoms with Crippen molar-refractivity contribution in [3.63, 3.8) is 0 Å². The number of carbonyl (C=O) groups excluding carboxylic acids is 2. The van der Waals surface area contributed by atoms with Crippen molar-refractivity contribution in [2.75, 3.05) is 25.9 Å². The van der Waals surface area contributed by atoms with Crippen molar-refractivity contribution in [2.24, 2.45) is 0 Å². The maximum absolute atomic E-state index is 11.1. The fraction of sp³-hybridized carbons (Fsp3) is 0.800. The molecule has 88 valence electrons. The molecule has 0 aliphatic carbocycles. The standard InChI is InChI=1S/C9H16N2O2.CH4S/c1-8(12)10-5-3-7-11-6-2-4-9(11)13;1-2/h2-7H2,1H3,(H,10,12);2H,1H3. The van der Waals surface area contributed by atoms with Gasteiger partial charge in [0.25, 0.3) is 0 Å². The monoisotopic (exact) mass is 232 g/mol. The molecule has 0 aromatic rings. The molecule has 1 aliphatic heterocycles. The number of nitrogens with one attached hydrogen (secondary N) is 1. The van der Waals surface area contributed by atoms with Gasteiger partial charge in [-0.25, -0.2) is 0 Å². The summed E-state index contributed by atoms with van der Waals surface area (Å²) in [6.07, 6.45) is 4.23. The predicted molar refractivity (Wildman–Crippen MR) is 64.0 cm³/mol. The molecule has 1 N–H and O–H groups in total. The van der Waals surface area contributed by atoms with Crippen LogP contribution in [0.15, 0.2) is 0 Å². The van der Waals surface area contributed by atoms with Gasteiger partial charge in [0.2, 0.25) is 11.8 Å². The zero-order valence-corrected chi connectivity index (χ0v) is 10.3. The van der Waals surface area contributed by atoms with Crippen LogP contribution in [0.2, 0.25) is 0 Å². The SMILES string of the molecule is CC(=O)NCCCN1CCCC1=O.CS. The highest BCUT2D eigenvalue weighted by molar-refractivity contribution is 7.79. The molecule has 5 heteroatoms. The molecular formula is C10H20N2O2S. The summed E-state index contributed by atoms with van der Waals surface area (Å²) in [4.78, 5) is 23.5. The highest BCUT2D eigenvalue weighted by atomic mass is 32.1. The first-order valence-electron chi connectivity index (χ1n) is 5.17. The predicted octanol–water partition coefficient (Wildman–Crippen LogP) is 0.681. The average molecular weight is 232 g/mol. The maximum Gasteiger partial charge on any atom is 0.222 e.